The predicted molar refractivity (Wildman–Crippen MR) is 90.1 cm³/mol. The molecule has 0 aliphatic carbocycles. The van der Waals surface area contributed by atoms with Crippen LogP contribution in [0.4, 0.5) is 0 Å². The molecule has 0 N–H and O–H groups in total. The second-order valence-electron chi connectivity index (χ2n) is 6.07. The number of hydrogen-bond acceptors (Lipinski definition) is 10. The van der Waals surface area contributed by atoms with E-state index in [1.54, 1.807) is 0 Å². The van der Waals surface area contributed by atoms with Gasteiger partial charge in [0, 0.05) is 33.6 Å². The number of nitrogens with zero attached hydrogens (tertiary/aromatic N) is 5. The molecule has 0 radical (unpaired) electrons. The number of hydrogen-bond donors (Lipinski definition) is 0. The van der Waals surface area contributed by atoms with Crippen molar-refractivity contribution in [3.05, 3.63) is 35.4 Å². The lowest BCUT2D eigenvalue weighted by Crippen LogP contribution is -2.38. The van der Waals surface area contributed by atoms with Crippen LogP contribution in [0.1, 0.15) is 26.5 Å². The molecule has 0 bridgehead atoms. The zero-order valence-electron chi connectivity index (χ0n) is 15.5. The van der Waals surface area contributed by atoms with Crippen LogP contribution in [0, 0.1) is 0 Å². The fourth-order valence-corrected chi connectivity index (χ4v) is 2.85. The van der Waals surface area contributed by atoms with E-state index in [1.807, 2.05) is 0 Å². The van der Waals surface area contributed by atoms with Crippen molar-refractivity contribution >= 4 is 11.9 Å². The molecular weight excluding hydrogens is 374 g/mol. The number of ether oxygens (including phenoxy) is 4. The highest BCUT2D eigenvalue weighted by Gasteiger charge is 2.51. The Hall–Kier alpha value is -3.12. The van der Waals surface area contributed by atoms with Crippen molar-refractivity contribution in [3.8, 4) is 5.82 Å². The molecule has 1 fully saturated rings. The molecular formula is C16H19N5O7. The highest BCUT2D eigenvalue weighted by atomic mass is 16.7. The molecule has 0 amide bonds. The predicted octanol–water partition coefficient (Wildman–Crippen LogP) is -0.420. The first-order chi connectivity index (χ1) is 13.3. The molecule has 3 unspecified atom stereocenters. The Morgan fingerprint density at radius 3 is 2.71 bits per heavy atom. The third-order valence-corrected chi connectivity index (χ3v) is 4.09. The maximum atomic E-state index is 12.6. The van der Waals surface area contributed by atoms with E-state index in [-0.39, 0.29) is 18.8 Å². The zero-order chi connectivity index (χ0) is 20.3. The Balaban J connectivity index is 1.92. The fraction of sp³-hybridized carbons (Fsp3) is 0.500. The average molecular weight is 393 g/mol. The van der Waals surface area contributed by atoms with Crippen molar-refractivity contribution in [3.63, 3.8) is 0 Å². The van der Waals surface area contributed by atoms with Gasteiger partial charge in [-0.05, 0) is 6.07 Å². The summed E-state index contributed by atoms with van der Waals surface area (Å²) < 4.78 is 24.1. The number of rotatable bonds is 6. The molecule has 0 aromatic carbocycles. The summed E-state index contributed by atoms with van der Waals surface area (Å²) in [6.07, 6.45) is 2.32. The van der Waals surface area contributed by atoms with Gasteiger partial charge in [0.25, 0.3) is 0 Å². The van der Waals surface area contributed by atoms with Crippen LogP contribution in [-0.4, -0.2) is 61.9 Å². The van der Waals surface area contributed by atoms with Crippen LogP contribution in [0.3, 0.4) is 0 Å². The van der Waals surface area contributed by atoms with Crippen LogP contribution >= 0.6 is 0 Å². The first-order valence-electron chi connectivity index (χ1n) is 8.31. The van der Waals surface area contributed by atoms with Gasteiger partial charge >= 0.3 is 17.6 Å². The molecule has 12 nitrogen and oxygen atoms in total. The van der Waals surface area contributed by atoms with Crippen LogP contribution in [0.25, 0.3) is 5.82 Å². The summed E-state index contributed by atoms with van der Waals surface area (Å²) >= 11 is 0. The molecule has 3 rings (SSSR count). The minimum Gasteiger partial charge on any atom is -0.460 e. The molecule has 28 heavy (non-hydrogen) atoms. The van der Waals surface area contributed by atoms with Gasteiger partial charge in [-0.1, -0.05) is 0 Å². The first kappa shape index (κ1) is 19.6. The standard InChI is InChI=1S/C16H19N5O7/c1-10(22)26-7-16(25-3)6-12(27-11(2)23)14(28-16)20-5-4-13(19-15(20)24)21-9-17-8-18-21/h4-5,8-9,12,14H,6-7H2,1-3H3. The Morgan fingerprint density at radius 1 is 1.36 bits per heavy atom. The monoisotopic (exact) mass is 393 g/mol. The average Bonchev–Trinajstić information content (AvgIpc) is 3.28. The molecule has 0 saturated carbocycles. The SMILES string of the molecule is COC1(COC(C)=O)CC(OC(C)=O)C(n2ccc(-n3cncn3)nc2=O)O1. The minimum atomic E-state index is -1.37. The summed E-state index contributed by atoms with van der Waals surface area (Å²) in [5.41, 5.74) is -0.658. The van der Waals surface area contributed by atoms with Gasteiger partial charge in [-0.3, -0.25) is 14.2 Å². The Labute approximate surface area is 159 Å². The first-order valence-corrected chi connectivity index (χ1v) is 8.31. The Morgan fingerprint density at radius 2 is 2.14 bits per heavy atom. The quantitative estimate of drug-likeness (QED) is 0.595. The number of aromatic nitrogens is 5. The summed E-state index contributed by atoms with van der Waals surface area (Å²) in [5, 5.41) is 3.91. The summed E-state index contributed by atoms with van der Waals surface area (Å²) in [6, 6.07) is 1.53. The molecule has 2 aromatic rings. The minimum absolute atomic E-state index is 0.0539. The van der Waals surface area contributed by atoms with Crippen LogP contribution < -0.4 is 5.69 Å². The normalized spacial score (nSPS) is 24.1. The number of methoxy groups -OCH3 is 1. The molecule has 1 aliphatic rings. The van der Waals surface area contributed by atoms with Gasteiger partial charge in [0.05, 0.1) is 0 Å². The second kappa shape index (κ2) is 7.86. The Bertz CT molecular complexity index is 912. The summed E-state index contributed by atoms with van der Waals surface area (Å²) in [6.45, 7) is 2.26. The van der Waals surface area contributed by atoms with Crippen molar-refractivity contribution in [2.45, 2.75) is 38.4 Å². The van der Waals surface area contributed by atoms with Gasteiger partial charge in [-0.2, -0.15) is 10.1 Å². The van der Waals surface area contributed by atoms with E-state index in [2.05, 4.69) is 15.1 Å². The van der Waals surface area contributed by atoms with Crippen molar-refractivity contribution in [1.82, 2.24) is 24.3 Å². The molecule has 0 spiro atoms. The zero-order valence-corrected chi connectivity index (χ0v) is 15.5. The second-order valence-corrected chi connectivity index (χ2v) is 6.07. The van der Waals surface area contributed by atoms with Gasteiger partial charge in [-0.15, -0.1) is 0 Å². The van der Waals surface area contributed by atoms with E-state index in [0.717, 1.165) is 0 Å². The van der Waals surface area contributed by atoms with Crippen molar-refractivity contribution in [2.24, 2.45) is 0 Å². The van der Waals surface area contributed by atoms with Crippen LogP contribution in [0.5, 0.6) is 0 Å². The molecule has 1 aliphatic heterocycles. The van der Waals surface area contributed by atoms with E-state index in [0.29, 0.717) is 0 Å². The lowest BCUT2D eigenvalue weighted by molar-refractivity contribution is -0.248. The third-order valence-electron chi connectivity index (χ3n) is 4.09. The van der Waals surface area contributed by atoms with E-state index < -0.39 is 35.7 Å². The lowest BCUT2D eigenvalue weighted by atomic mass is 10.1. The summed E-state index contributed by atoms with van der Waals surface area (Å²) in [4.78, 5) is 43.0. The van der Waals surface area contributed by atoms with E-state index >= 15 is 0 Å². The highest BCUT2D eigenvalue weighted by Crippen LogP contribution is 2.39. The number of carbonyl (C=O) groups excluding carboxylic acids is 2. The van der Waals surface area contributed by atoms with Gasteiger partial charge in [0.2, 0.25) is 5.79 Å². The highest BCUT2D eigenvalue weighted by molar-refractivity contribution is 5.66. The topological polar surface area (TPSA) is 137 Å². The van der Waals surface area contributed by atoms with Crippen molar-refractivity contribution in [1.29, 1.82) is 0 Å². The van der Waals surface area contributed by atoms with E-state index in [4.69, 9.17) is 18.9 Å². The maximum absolute atomic E-state index is 12.6. The molecule has 150 valence electrons. The maximum Gasteiger partial charge on any atom is 0.351 e. The smallest absolute Gasteiger partial charge is 0.351 e. The Kier molecular flexibility index (Phi) is 5.51. The molecule has 12 heteroatoms. The third kappa shape index (κ3) is 4.07. The van der Waals surface area contributed by atoms with Gasteiger partial charge in [0.1, 0.15) is 19.3 Å². The number of carbonyl (C=O) groups is 2. The van der Waals surface area contributed by atoms with Crippen molar-refractivity contribution < 1.29 is 28.5 Å². The van der Waals surface area contributed by atoms with Gasteiger partial charge in [-0.25, -0.2) is 14.5 Å². The van der Waals surface area contributed by atoms with E-state index in [1.165, 1.54) is 55.1 Å². The lowest BCUT2D eigenvalue weighted by Gasteiger charge is -2.26. The van der Waals surface area contributed by atoms with Crippen LogP contribution in [-0.2, 0) is 28.5 Å². The molecule has 1 saturated heterocycles. The molecule has 3 atom stereocenters. The summed E-state index contributed by atoms with van der Waals surface area (Å²) in [5.74, 6) is -2.19. The van der Waals surface area contributed by atoms with E-state index in [9.17, 15) is 14.4 Å². The van der Waals surface area contributed by atoms with Crippen molar-refractivity contribution in [2.75, 3.05) is 13.7 Å². The fourth-order valence-electron chi connectivity index (χ4n) is 2.85. The molecule has 3 heterocycles. The largest absolute Gasteiger partial charge is 0.460 e. The summed E-state index contributed by atoms with van der Waals surface area (Å²) in [7, 11) is 1.37. The van der Waals surface area contributed by atoms with Crippen LogP contribution in [0.2, 0.25) is 0 Å². The van der Waals surface area contributed by atoms with Gasteiger partial charge < -0.3 is 18.9 Å². The number of esters is 2. The van der Waals surface area contributed by atoms with Gasteiger partial charge in [0.15, 0.2) is 18.1 Å². The van der Waals surface area contributed by atoms with Crippen LogP contribution in [0.15, 0.2) is 29.7 Å². The molecule has 2 aromatic heterocycles.